The minimum atomic E-state index is -3.50. The van der Waals surface area contributed by atoms with Gasteiger partial charge in [0.25, 0.3) is 0 Å². The Labute approximate surface area is 223 Å². The Morgan fingerprint density at radius 1 is 1.16 bits per heavy atom. The number of amides is 1. The van der Waals surface area contributed by atoms with Crippen molar-refractivity contribution >= 4 is 44.7 Å². The van der Waals surface area contributed by atoms with Crippen LogP contribution in [-0.2, 0) is 16.6 Å². The molecule has 3 aromatic rings. The van der Waals surface area contributed by atoms with Crippen LogP contribution in [0.3, 0.4) is 0 Å². The number of aromatic nitrogens is 4. The Hall–Kier alpha value is -3.45. The fourth-order valence-electron chi connectivity index (χ4n) is 4.28. The van der Waals surface area contributed by atoms with E-state index in [9.17, 15) is 8.42 Å². The Bertz CT molecular complexity index is 1300. The summed E-state index contributed by atoms with van der Waals surface area (Å²) in [7, 11) is -1.88. The molecule has 0 spiro atoms. The number of nitrogens with zero attached hydrogens (tertiary/aromatic N) is 5. The third kappa shape index (κ3) is 7.54. The molecule has 1 aromatic carbocycles. The molecule has 0 saturated heterocycles. The van der Waals surface area contributed by atoms with Crippen molar-refractivity contribution in [2.75, 3.05) is 24.2 Å². The van der Waals surface area contributed by atoms with Gasteiger partial charge < -0.3 is 26.0 Å². The highest BCUT2D eigenvalue weighted by Gasteiger charge is 2.21. The third-order valence-electron chi connectivity index (χ3n) is 6.39. The Morgan fingerprint density at radius 3 is 2.42 bits per heavy atom. The van der Waals surface area contributed by atoms with Gasteiger partial charge in [-0.05, 0) is 50.5 Å². The van der Waals surface area contributed by atoms with Gasteiger partial charge in [0.2, 0.25) is 16.0 Å². The molecule has 1 saturated carbocycles. The quantitative estimate of drug-likeness (QED) is 0.288. The van der Waals surface area contributed by atoms with Gasteiger partial charge in [-0.15, -0.1) is 0 Å². The van der Waals surface area contributed by atoms with E-state index in [4.69, 9.17) is 19.9 Å². The fraction of sp³-hybridized carbons (Fsp3) is 0.520. The number of sulfonamides is 1. The molecule has 208 valence electrons. The van der Waals surface area contributed by atoms with Crippen LogP contribution in [0.25, 0.3) is 11.2 Å². The molecule has 2 aromatic heterocycles. The number of carbonyl (C=O) groups is 1. The van der Waals surface area contributed by atoms with Crippen molar-refractivity contribution in [3.05, 3.63) is 30.6 Å². The minimum Gasteiger partial charge on any atom is -0.465 e. The van der Waals surface area contributed by atoms with E-state index < -0.39 is 16.1 Å². The summed E-state index contributed by atoms with van der Waals surface area (Å²) >= 11 is 0. The number of imidazole rings is 1. The smallest absolute Gasteiger partial charge is 0.402 e. The predicted octanol–water partition coefficient (Wildman–Crippen LogP) is 4.38. The van der Waals surface area contributed by atoms with Crippen molar-refractivity contribution in [1.82, 2.24) is 23.8 Å². The van der Waals surface area contributed by atoms with Gasteiger partial charge >= 0.3 is 6.09 Å². The number of primary amides is 1. The summed E-state index contributed by atoms with van der Waals surface area (Å²) in [6.07, 6.45) is 8.20. The molecular weight excluding hydrogens is 508 g/mol. The zero-order chi connectivity index (χ0) is 27.7. The predicted molar refractivity (Wildman–Crippen MR) is 148 cm³/mol. The normalized spacial score (nSPS) is 14.2. The van der Waals surface area contributed by atoms with E-state index in [1.54, 1.807) is 37.6 Å². The zero-order valence-electron chi connectivity index (χ0n) is 22.2. The molecule has 0 atom stereocenters. The number of nitrogens with two attached hydrogens (primary N) is 1. The van der Waals surface area contributed by atoms with Gasteiger partial charge in [0.15, 0.2) is 17.0 Å². The molecule has 12 nitrogen and oxygen atoms in total. The largest absolute Gasteiger partial charge is 0.465 e. The maximum Gasteiger partial charge on any atom is 0.402 e. The highest BCUT2D eigenvalue weighted by Crippen LogP contribution is 2.27. The summed E-state index contributed by atoms with van der Waals surface area (Å²) in [6.45, 7) is 5.37. The average Bonchev–Trinajstić information content (AvgIpc) is 3.31. The van der Waals surface area contributed by atoms with Crippen LogP contribution in [0.1, 0.15) is 58.8 Å². The van der Waals surface area contributed by atoms with E-state index >= 15 is 0 Å². The fourth-order valence-corrected chi connectivity index (χ4v) is 5.49. The summed E-state index contributed by atoms with van der Waals surface area (Å²) in [5.41, 5.74) is 6.23. The van der Waals surface area contributed by atoms with Gasteiger partial charge in [0, 0.05) is 31.9 Å². The van der Waals surface area contributed by atoms with Crippen molar-refractivity contribution in [3.63, 3.8) is 0 Å². The second-order valence-corrected chi connectivity index (χ2v) is 11.3. The first-order chi connectivity index (χ1) is 18.1. The maximum atomic E-state index is 12.8. The lowest BCUT2D eigenvalue weighted by molar-refractivity contribution is 0.205. The summed E-state index contributed by atoms with van der Waals surface area (Å²) in [6, 6.07) is 7.17. The second-order valence-electron chi connectivity index (χ2n) is 9.25. The molecule has 2 heterocycles. The average molecular weight is 547 g/mol. The standard InChI is InChI=1S/C24H35N7O2S.CH3NO2/c1-4-6-16-30(3)34(32,33)20-14-12-19(13-15-20)26-22-21-23(31(5-2)17-25-21)29-24(28-22)27-18-10-8-7-9-11-18;2-1(3)4/h12-15,17-18H,4-11,16H2,1-3H3,(H2,26,27,28,29);2H2,(H,3,4). The van der Waals surface area contributed by atoms with Crippen LogP contribution < -0.4 is 16.4 Å². The first-order valence-corrected chi connectivity index (χ1v) is 14.4. The highest BCUT2D eigenvalue weighted by molar-refractivity contribution is 7.89. The van der Waals surface area contributed by atoms with Gasteiger partial charge in [-0.2, -0.15) is 9.97 Å². The molecule has 0 unspecified atom stereocenters. The van der Waals surface area contributed by atoms with Gasteiger partial charge in [-0.25, -0.2) is 22.5 Å². The molecule has 1 aliphatic rings. The van der Waals surface area contributed by atoms with Gasteiger partial charge in [0.1, 0.15) is 0 Å². The van der Waals surface area contributed by atoms with Crippen LogP contribution in [-0.4, -0.2) is 63.1 Å². The van der Waals surface area contributed by atoms with E-state index in [2.05, 4.69) is 28.3 Å². The van der Waals surface area contributed by atoms with E-state index in [1.807, 2.05) is 11.5 Å². The number of hydrogen-bond acceptors (Lipinski definition) is 8. The van der Waals surface area contributed by atoms with E-state index in [-0.39, 0.29) is 4.90 Å². The van der Waals surface area contributed by atoms with Crippen LogP contribution in [0.2, 0.25) is 0 Å². The van der Waals surface area contributed by atoms with Crippen molar-refractivity contribution < 1.29 is 18.3 Å². The number of benzene rings is 1. The third-order valence-corrected chi connectivity index (χ3v) is 8.27. The molecule has 0 aliphatic heterocycles. The minimum absolute atomic E-state index is 0.277. The molecule has 1 aliphatic carbocycles. The molecule has 5 N–H and O–H groups in total. The number of nitrogens with one attached hydrogen (secondary N) is 2. The molecule has 13 heteroatoms. The lowest BCUT2D eigenvalue weighted by atomic mass is 9.96. The lowest BCUT2D eigenvalue weighted by Gasteiger charge is -2.23. The van der Waals surface area contributed by atoms with E-state index in [0.29, 0.717) is 29.9 Å². The molecule has 0 radical (unpaired) electrons. The van der Waals surface area contributed by atoms with E-state index in [1.165, 1.54) is 23.6 Å². The number of unbranched alkanes of at least 4 members (excludes halogenated alkanes) is 1. The molecule has 38 heavy (non-hydrogen) atoms. The van der Waals surface area contributed by atoms with Crippen LogP contribution in [0.5, 0.6) is 0 Å². The van der Waals surface area contributed by atoms with Crippen molar-refractivity contribution in [2.24, 2.45) is 5.73 Å². The number of hydrogen-bond donors (Lipinski definition) is 4. The van der Waals surface area contributed by atoms with Crippen molar-refractivity contribution in [1.29, 1.82) is 0 Å². The second kappa shape index (κ2) is 13.4. The van der Waals surface area contributed by atoms with Gasteiger partial charge in [0.05, 0.1) is 11.2 Å². The van der Waals surface area contributed by atoms with Gasteiger partial charge in [-0.1, -0.05) is 32.6 Å². The van der Waals surface area contributed by atoms with Crippen LogP contribution in [0, 0.1) is 0 Å². The number of aryl methyl sites for hydroxylation is 1. The summed E-state index contributed by atoms with van der Waals surface area (Å²) in [5.74, 6) is 1.19. The Balaban J connectivity index is 0.000000934. The summed E-state index contributed by atoms with van der Waals surface area (Å²) in [4.78, 5) is 23.1. The van der Waals surface area contributed by atoms with Crippen LogP contribution in [0.15, 0.2) is 35.5 Å². The SMILES string of the molecule is CCCCN(C)S(=O)(=O)c1ccc(Nc2nc(NC3CCCCC3)nc3c2ncn3CC)cc1.NC(=O)O. The van der Waals surface area contributed by atoms with Gasteiger partial charge in [-0.3, -0.25) is 0 Å². The monoisotopic (exact) mass is 546 g/mol. The summed E-state index contributed by atoms with van der Waals surface area (Å²) < 4.78 is 29.0. The Morgan fingerprint density at radius 2 is 1.82 bits per heavy atom. The molecule has 4 rings (SSSR count). The first kappa shape index (κ1) is 29.1. The molecule has 1 fully saturated rings. The Kier molecular flexibility index (Phi) is 10.2. The molecule has 0 bridgehead atoms. The number of rotatable bonds is 10. The maximum absolute atomic E-state index is 12.8. The summed E-state index contributed by atoms with van der Waals surface area (Å²) in [5, 5.41) is 14.0. The zero-order valence-corrected chi connectivity index (χ0v) is 23.0. The number of fused-ring (bicyclic) bond motifs is 1. The number of carboxylic acid groups (broad SMARTS) is 1. The number of anilines is 3. The van der Waals surface area contributed by atoms with Crippen LogP contribution >= 0.6 is 0 Å². The lowest BCUT2D eigenvalue weighted by Crippen LogP contribution is -2.27. The first-order valence-electron chi connectivity index (χ1n) is 13.0. The van der Waals surface area contributed by atoms with Crippen LogP contribution in [0.4, 0.5) is 22.2 Å². The van der Waals surface area contributed by atoms with Crippen molar-refractivity contribution in [3.8, 4) is 0 Å². The topological polar surface area (TPSA) is 168 Å². The molecular formula is C25H38N8O4S. The van der Waals surface area contributed by atoms with Crippen molar-refractivity contribution in [2.45, 2.75) is 76.3 Å². The van der Waals surface area contributed by atoms with E-state index in [0.717, 1.165) is 43.6 Å². The molecule has 1 amide bonds. The highest BCUT2D eigenvalue weighted by atomic mass is 32.2.